The van der Waals surface area contributed by atoms with Crippen molar-refractivity contribution in [2.45, 2.75) is 18.6 Å². The highest BCUT2D eigenvalue weighted by molar-refractivity contribution is 7.91. The monoisotopic (exact) mass is 375 g/mol. The van der Waals surface area contributed by atoms with Gasteiger partial charge in [0.1, 0.15) is 0 Å². The van der Waals surface area contributed by atoms with Gasteiger partial charge in [-0.2, -0.15) is 0 Å². The van der Waals surface area contributed by atoms with E-state index in [0.717, 1.165) is 36.2 Å². The van der Waals surface area contributed by atoms with Gasteiger partial charge < -0.3 is 4.74 Å². The Balaban J connectivity index is 1.54. The van der Waals surface area contributed by atoms with Crippen molar-refractivity contribution in [2.75, 3.05) is 44.9 Å². The lowest BCUT2D eigenvalue weighted by atomic mass is 10.0. The van der Waals surface area contributed by atoms with E-state index in [0.29, 0.717) is 13.2 Å². The number of hydrogen-bond donors (Lipinski definition) is 0. The van der Waals surface area contributed by atoms with Gasteiger partial charge in [0.2, 0.25) is 0 Å². The van der Waals surface area contributed by atoms with Crippen LogP contribution < -0.4 is 0 Å². The third kappa shape index (κ3) is 3.62. The highest BCUT2D eigenvalue weighted by Crippen LogP contribution is 2.28. The van der Waals surface area contributed by atoms with Crippen LogP contribution in [-0.2, 0) is 21.1 Å². The zero-order chi connectivity index (χ0) is 18.1. The molecule has 4 rings (SSSR count). The van der Waals surface area contributed by atoms with Gasteiger partial charge in [-0.1, -0.05) is 24.3 Å². The quantitative estimate of drug-likeness (QED) is 0.782. The van der Waals surface area contributed by atoms with E-state index < -0.39 is 9.84 Å². The molecule has 2 aliphatic rings. The van der Waals surface area contributed by atoms with Crippen molar-refractivity contribution in [3.05, 3.63) is 42.1 Å². The Morgan fingerprint density at radius 1 is 1.08 bits per heavy atom. The summed E-state index contributed by atoms with van der Waals surface area (Å²) in [6.45, 7) is 3.84. The predicted molar refractivity (Wildman–Crippen MR) is 102 cm³/mol. The lowest BCUT2D eigenvalue weighted by molar-refractivity contribution is 0.0247. The van der Waals surface area contributed by atoms with Crippen molar-refractivity contribution in [1.82, 2.24) is 14.8 Å². The maximum atomic E-state index is 12.3. The largest absolute Gasteiger partial charge is 0.383 e. The SMILES string of the molecule is COCCN1CCN(Cc2ccc3ccccc3n2)[C@H]2CS(=O)(=O)C[C@H]21. The lowest BCUT2D eigenvalue weighted by Gasteiger charge is -2.43. The molecule has 2 aromatic rings. The summed E-state index contributed by atoms with van der Waals surface area (Å²) in [4.78, 5) is 9.35. The summed E-state index contributed by atoms with van der Waals surface area (Å²) < 4.78 is 29.8. The van der Waals surface area contributed by atoms with E-state index in [1.54, 1.807) is 7.11 Å². The number of piperazine rings is 1. The van der Waals surface area contributed by atoms with Crippen molar-refractivity contribution in [1.29, 1.82) is 0 Å². The van der Waals surface area contributed by atoms with Crippen LogP contribution in [0.4, 0.5) is 0 Å². The molecule has 7 heteroatoms. The van der Waals surface area contributed by atoms with Crippen LogP contribution in [0, 0.1) is 0 Å². The van der Waals surface area contributed by atoms with Crippen molar-refractivity contribution >= 4 is 20.7 Å². The summed E-state index contributed by atoms with van der Waals surface area (Å²) in [5, 5.41) is 1.13. The first-order chi connectivity index (χ1) is 12.6. The molecule has 1 aromatic heterocycles. The van der Waals surface area contributed by atoms with Gasteiger partial charge >= 0.3 is 0 Å². The van der Waals surface area contributed by atoms with Crippen LogP contribution in [0.2, 0.25) is 0 Å². The summed E-state index contributed by atoms with van der Waals surface area (Å²) >= 11 is 0. The van der Waals surface area contributed by atoms with E-state index in [1.807, 2.05) is 18.2 Å². The minimum Gasteiger partial charge on any atom is -0.383 e. The smallest absolute Gasteiger partial charge is 0.153 e. The summed E-state index contributed by atoms with van der Waals surface area (Å²) in [7, 11) is -1.31. The van der Waals surface area contributed by atoms with Crippen molar-refractivity contribution < 1.29 is 13.2 Å². The van der Waals surface area contributed by atoms with Crippen LogP contribution in [0.15, 0.2) is 36.4 Å². The molecule has 2 aliphatic heterocycles. The minimum atomic E-state index is -2.99. The molecule has 3 heterocycles. The van der Waals surface area contributed by atoms with Gasteiger partial charge in [-0.05, 0) is 12.1 Å². The molecule has 0 radical (unpaired) electrons. The number of pyridine rings is 1. The van der Waals surface area contributed by atoms with Gasteiger partial charge in [-0.3, -0.25) is 14.8 Å². The fraction of sp³-hybridized carbons (Fsp3) is 0.526. The number of benzene rings is 1. The molecule has 0 saturated carbocycles. The number of para-hydroxylation sites is 1. The fourth-order valence-corrected chi connectivity index (χ4v) is 6.23. The first kappa shape index (κ1) is 17.9. The molecule has 0 aliphatic carbocycles. The maximum Gasteiger partial charge on any atom is 0.153 e. The molecule has 1 aromatic carbocycles. The fourth-order valence-electron chi connectivity index (χ4n) is 4.18. The molecule has 0 bridgehead atoms. The van der Waals surface area contributed by atoms with Gasteiger partial charge in [-0.25, -0.2) is 8.42 Å². The number of ether oxygens (including phenoxy) is 1. The maximum absolute atomic E-state index is 12.3. The van der Waals surface area contributed by atoms with Crippen LogP contribution in [0.5, 0.6) is 0 Å². The molecule has 0 unspecified atom stereocenters. The highest BCUT2D eigenvalue weighted by atomic mass is 32.2. The number of fused-ring (bicyclic) bond motifs is 2. The Morgan fingerprint density at radius 3 is 2.62 bits per heavy atom. The second kappa shape index (κ2) is 7.23. The molecule has 140 valence electrons. The Kier molecular flexibility index (Phi) is 4.96. The van der Waals surface area contributed by atoms with E-state index >= 15 is 0 Å². The van der Waals surface area contributed by atoms with E-state index in [-0.39, 0.29) is 23.6 Å². The number of rotatable bonds is 5. The Bertz CT molecular complexity index is 886. The van der Waals surface area contributed by atoms with Gasteiger partial charge in [0.05, 0.1) is 29.3 Å². The number of sulfone groups is 1. The highest BCUT2D eigenvalue weighted by Gasteiger charge is 2.46. The molecule has 0 amide bonds. The predicted octanol–water partition coefficient (Wildman–Crippen LogP) is 1.16. The number of aromatic nitrogens is 1. The second-order valence-corrected chi connectivity index (χ2v) is 9.36. The first-order valence-electron chi connectivity index (χ1n) is 9.08. The van der Waals surface area contributed by atoms with Crippen LogP contribution in [0.1, 0.15) is 5.69 Å². The average molecular weight is 375 g/mol. The van der Waals surface area contributed by atoms with Crippen molar-refractivity contribution in [3.63, 3.8) is 0 Å². The number of hydrogen-bond acceptors (Lipinski definition) is 6. The zero-order valence-electron chi connectivity index (χ0n) is 15.0. The summed E-state index contributed by atoms with van der Waals surface area (Å²) in [6, 6.07) is 12.3. The number of nitrogens with zero attached hydrogens (tertiary/aromatic N) is 3. The van der Waals surface area contributed by atoms with Crippen LogP contribution in [0.25, 0.3) is 10.9 Å². The summed E-state index contributed by atoms with van der Waals surface area (Å²) in [6.07, 6.45) is 0. The summed E-state index contributed by atoms with van der Waals surface area (Å²) in [5.74, 6) is 0.498. The average Bonchev–Trinajstić information content (AvgIpc) is 2.96. The molecule has 6 nitrogen and oxygen atoms in total. The summed E-state index contributed by atoms with van der Waals surface area (Å²) in [5.41, 5.74) is 1.98. The zero-order valence-corrected chi connectivity index (χ0v) is 15.9. The van der Waals surface area contributed by atoms with Crippen LogP contribution in [-0.4, -0.2) is 80.1 Å². The molecule has 0 spiro atoms. The molecule has 2 saturated heterocycles. The minimum absolute atomic E-state index is 0.0406. The molecule has 0 N–H and O–H groups in total. The third-order valence-electron chi connectivity index (χ3n) is 5.51. The van der Waals surface area contributed by atoms with Gasteiger partial charge in [0.25, 0.3) is 0 Å². The van der Waals surface area contributed by atoms with Crippen LogP contribution in [0.3, 0.4) is 0 Å². The molecule has 2 atom stereocenters. The van der Waals surface area contributed by atoms with Crippen LogP contribution >= 0.6 is 0 Å². The first-order valence-corrected chi connectivity index (χ1v) is 10.9. The van der Waals surface area contributed by atoms with Crippen molar-refractivity contribution in [3.8, 4) is 0 Å². The second-order valence-electron chi connectivity index (χ2n) is 7.21. The van der Waals surface area contributed by atoms with Crippen molar-refractivity contribution in [2.24, 2.45) is 0 Å². The Morgan fingerprint density at radius 2 is 1.81 bits per heavy atom. The lowest BCUT2D eigenvalue weighted by Crippen LogP contribution is -2.59. The van der Waals surface area contributed by atoms with E-state index in [2.05, 4.69) is 28.0 Å². The Hall–Kier alpha value is -1.54. The van der Waals surface area contributed by atoms with Gasteiger partial charge in [-0.15, -0.1) is 0 Å². The van der Waals surface area contributed by atoms with E-state index in [4.69, 9.17) is 9.72 Å². The van der Waals surface area contributed by atoms with Gasteiger partial charge in [0.15, 0.2) is 9.84 Å². The normalized spacial score (nSPS) is 26.2. The van der Waals surface area contributed by atoms with Gasteiger partial charge in [0, 0.05) is 50.8 Å². The number of methoxy groups -OCH3 is 1. The topological polar surface area (TPSA) is 62.7 Å². The van der Waals surface area contributed by atoms with E-state index in [1.165, 1.54) is 0 Å². The molecule has 2 fully saturated rings. The Labute approximate surface area is 154 Å². The molecule has 26 heavy (non-hydrogen) atoms. The standard InChI is InChI=1S/C19H25N3O3S/c1-25-11-10-21-8-9-22(19-14-26(23,24)13-18(19)21)12-16-7-6-15-4-2-3-5-17(15)20-16/h2-7,18-19H,8-14H2,1H3/t18-,19+/m1/s1. The van der Waals surface area contributed by atoms with E-state index in [9.17, 15) is 8.42 Å². The third-order valence-corrected chi connectivity index (χ3v) is 7.21. The molecular weight excluding hydrogens is 350 g/mol. The molecular formula is C19H25N3O3S.